The first-order valence-corrected chi connectivity index (χ1v) is 6.21. The highest BCUT2D eigenvalue weighted by atomic mass is 15.2. The van der Waals surface area contributed by atoms with E-state index in [-0.39, 0.29) is 0 Å². The number of nitrogens with zero attached hydrogens (tertiary/aromatic N) is 1. The molecule has 1 heterocycles. The van der Waals surface area contributed by atoms with Gasteiger partial charge in [-0.3, -0.25) is 4.90 Å². The van der Waals surface area contributed by atoms with Crippen LogP contribution < -0.4 is 5.32 Å². The molecule has 0 spiro atoms. The average Bonchev–Trinajstić information content (AvgIpc) is 2.19. The summed E-state index contributed by atoms with van der Waals surface area (Å²) in [6.07, 6.45) is 0. The molecule has 1 aliphatic heterocycles. The molecule has 2 rings (SSSR count). The topological polar surface area (TPSA) is 15.3 Å². The van der Waals surface area contributed by atoms with Gasteiger partial charge in [0, 0.05) is 25.7 Å². The first-order valence-electron chi connectivity index (χ1n) is 6.21. The van der Waals surface area contributed by atoms with Gasteiger partial charge in [-0.15, -0.1) is 0 Å². The minimum absolute atomic E-state index is 0.741. The summed E-state index contributed by atoms with van der Waals surface area (Å²) >= 11 is 0. The Kier molecular flexibility index (Phi) is 3.62. The van der Waals surface area contributed by atoms with Gasteiger partial charge in [-0.05, 0) is 31.5 Å². The van der Waals surface area contributed by atoms with E-state index in [1.165, 1.54) is 16.7 Å². The quantitative estimate of drug-likeness (QED) is 0.832. The first-order chi connectivity index (χ1) is 7.70. The Balaban J connectivity index is 2.08. The van der Waals surface area contributed by atoms with Crippen molar-refractivity contribution in [3.63, 3.8) is 0 Å². The van der Waals surface area contributed by atoms with E-state index in [1.807, 2.05) is 0 Å². The predicted molar refractivity (Wildman–Crippen MR) is 68.7 cm³/mol. The van der Waals surface area contributed by atoms with Gasteiger partial charge in [-0.2, -0.15) is 0 Å². The smallest absolute Gasteiger partial charge is 0.0348 e. The maximum Gasteiger partial charge on any atom is 0.0348 e. The molecule has 88 valence electrons. The van der Waals surface area contributed by atoms with E-state index in [4.69, 9.17) is 0 Å². The number of rotatable bonds is 4. The number of benzene rings is 1. The van der Waals surface area contributed by atoms with Crippen LogP contribution in [0, 0.1) is 13.8 Å². The lowest BCUT2D eigenvalue weighted by Gasteiger charge is -2.38. The van der Waals surface area contributed by atoms with Crippen molar-refractivity contribution in [1.82, 2.24) is 10.2 Å². The Hall–Kier alpha value is -0.860. The molecule has 1 aromatic carbocycles. The molecule has 0 aromatic heterocycles. The molecule has 1 N–H and O–H groups in total. The molecule has 0 saturated carbocycles. The van der Waals surface area contributed by atoms with Crippen LogP contribution in [-0.2, 0) is 6.54 Å². The summed E-state index contributed by atoms with van der Waals surface area (Å²) in [6.45, 7) is 11.2. The van der Waals surface area contributed by atoms with Crippen LogP contribution in [-0.4, -0.2) is 30.6 Å². The molecule has 0 bridgehead atoms. The molecule has 2 heteroatoms. The number of nitrogens with one attached hydrogen (secondary N) is 1. The number of hydrogen-bond acceptors (Lipinski definition) is 2. The van der Waals surface area contributed by atoms with Crippen molar-refractivity contribution in [2.24, 2.45) is 0 Å². The van der Waals surface area contributed by atoms with Crippen LogP contribution in [0.1, 0.15) is 23.6 Å². The van der Waals surface area contributed by atoms with Gasteiger partial charge in [0.1, 0.15) is 0 Å². The summed E-state index contributed by atoms with van der Waals surface area (Å²) in [5.41, 5.74) is 4.26. The third kappa shape index (κ3) is 2.45. The third-order valence-corrected chi connectivity index (χ3v) is 3.56. The monoisotopic (exact) mass is 218 g/mol. The van der Waals surface area contributed by atoms with E-state index in [0.717, 1.165) is 32.2 Å². The Morgan fingerprint density at radius 1 is 1.31 bits per heavy atom. The van der Waals surface area contributed by atoms with Crippen molar-refractivity contribution >= 4 is 0 Å². The fourth-order valence-electron chi connectivity index (χ4n) is 2.22. The molecule has 1 aliphatic rings. The molecule has 1 aromatic rings. The van der Waals surface area contributed by atoms with Crippen molar-refractivity contribution in [1.29, 1.82) is 0 Å². The summed E-state index contributed by atoms with van der Waals surface area (Å²) in [5.74, 6) is 0. The maximum absolute atomic E-state index is 3.35. The lowest BCUT2D eigenvalue weighted by Crippen LogP contribution is -2.56. The van der Waals surface area contributed by atoms with Crippen molar-refractivity contribution in [2.75, 3.05) is 19.6 Å². The third-order valence-electron chi connectivity index (χ3n) is 3.56. The van der Waals surface area contributed by atoms with Gasteiger partial charge >= 0.3 is 0 Å². The molecule has 16 heavy (non-hydrogen) atoms. The zero-order chi connectivity index (χ0) is 11.5. The Bertz CT molecular complexity index is 356. The van der Waals surface area contributed by atoms with E-state index in [0.29, 0.717) is 0 Å². The second-order valence-corrected chi connectivity index (χ2v) is 4.81. The lowest BCUT2D eigenvalue weighted by atomic mass is 10.0. The highest BCUT2D eigenvalue weighted by Gasteiger charge is 2.23. The van der Waals surface area contributed by atoms with Crippen LogP contribution in [0.25, 0.3) is 0 Å². The van der Waals surface area contributed by atoms with Crippen molar-refractivity contribution in [2.45, 2.75) is 33.4 Å². The van der Waals surface area contributed by atoms with Crippen LogP contribution in [0.15, 0.2) is 18.2 Å². The van der Waals surface area contributed by atoms with Crippen molar-refractivity contribution in [3.8, 4) is 0 Å². The SMILES string of the molecule is CCN(Cc1cc(C)ccc1C)C1CNC1. The number of aryl methyl sites for hydroxylation is 2. The zero-order valence-electron chi connectivity index (χ0n) is 10.6. The number of likely N-dealkylation sites (N-methyl/N-ethyl adjacent to an activating group) is 1. The van der Waals surface area contributed by atoms with Gasteiger partial charge in [0.2, 0.25) is 0 Å². The molecule has 0 aliphatic carbocycles. The van der Waals surface area contributed by atoms with E-state index in [2.05, 4.69) is 49.2 Å². The van der Waals surface area contributed by atoms with Crippen molar-refractivity contribution < 1.29 is 0 Å². The van der Waals surface area contributed by atoms with Gasteiger partial charge in [-0.1, -0.05) is 30.7 Å². The van der Waals surface area contributed by atoms with Gasteiger partial charge < -0.3 is 5.32 Å². The fraction of sp³-hybridized carbons (Fsp3) is 0.571. The summed E-state index contributed by atoms with van der Waals surface area (Å²) in [7, 11) is 0. The maximum atomic E-state index is 3.35. The van der Waals surface area contributed by atoms with Gasteiger partial charge in [0.15, 0.2) is 0 Å². The average molecular weight is 218 g/mol. The van der Waals surface area contributed by atoms with Crippen LogP contribution in [0.4, 0.5) is 0 Å². The van der Waals surface area contributed by atoms with Crippen molar-refractivity contribution in [3.05, 3.63) is 34.9 Å². The van der Waals surface area contributed by atoms with Gasteiger partial charge in [-0.25, -0.2) is 0 Å². The molecule has 2 nitrogen and oxygen atoms in total. The fourth-order valence-corrected chi connectivity index (χ4v) is 2.22. The normalized spacial score (nSPS) is 16.5. The van der Waals surface area contributed by atoms with Crippen LogP contribution in [0.5, 0.6) is 0 Å². The standard InChI is InChI=1S/C14H22N2/c1-4-16(14-8-15-9-14)10-13-7-11(2)5-6-12(13)3/h5-7,14-15H,4,8-10H2,1-3H3. The van der Waals surface area contributed by atoms with E-state index in [1.54, 1.807) is 0 Å². The van der Waals surface area contributed by atoms with Crippen LogP contribution in [0.2, 0.25) is 0 Å². The van der Waals surface area contributed by atoms with E-state index < -0.39 is 0 Å². The highest BCUT2D eigenvalue weighted by molar-refractivity contribution is 5.30. The van der Waals surface area contributed by atoms with Crippen LogP contribution >= 0.6 is 0 Å². The second kappa shape index (κ2) is 4.98. The summed E-state index contributed by atoms with van der Waals surface area (Å²) in [6, 6.07) is 7.49. The minimum Gasteiger partial charge on any atom is -0.314 e. The Morgan fingerprint density at radius 3 is 2.62 bits per heavy atom. The zero-order valence-corrected chi connectivity index (χ0v) is 10.6. The van der Waals surface area contributed by atoms with Gasteiger partial charge in [0.25, 0.3) is 0 Å². The Morgan fingerprint density at radius 2 is 2.06 bits per heavy atom. The van der Waals surface area contributed by atoms with E-state index in [9.17, 15) is 0 Å². The first kappa shape index (κ1) is 11.6. The lowest BCUT2D eigenvalue weighted by molar-refractivity contribution is 0.145. The largest absolute Gasteiger partial charge is 0.314 e. The Labute approximate surface area is 98.7 Å². The molecular formula is C14H22N2. The minimum atomic E-state index is 0.741. The molecule has 0 amide bonds. The predicted octanol–water partition coefficient (Wildman–Crippen LogP) is 2.10. The molecule has 0 radical (unpaired) electrons. The molecule has 0 atom stereocenters. The van der Waals surface area contributed by atoms with E-state index >= 15 is 0 Å². The summed E-state index contributed by atoms with van der Waals surface area (Å²) in [5, 5.41) is 3.35. The highest BCUT2D eigenvalue weighted by Crippen LogP contribution is 2.16. The van der Waals surface area contributed by atoms with Crippen LogP contribution in [0.3, 0.4) is 0 Å². The molecule has 1 fully saturated rings. The molecular weight excluding hydrogens is 196 g/mol. The summed E-state index contributed by atoms with van der Waals surface area (Å²) in [4.78, 5) is 2.57. The molecule has 0 unspecified atom stereocenters. The van der Waals surface area contributed by atoms with Gasteiger partial charge in [0.05, 0.1) is 0 Å². The molecule has 1 saturated heterocycles. The number of hydrogen-bond donors (Lipinski definition) is 1. The second-order valence-electron chi connectivity index (χ2n) is 4.81. The summed E-state index contributed by atoms with van der Waals surface area (Å²) < 4.78 is 0.